The van der Waals surface area contributed by atoms with E-state index in [1.807, 2.05) is 23.8 Å². The number of imidazole rings is 1. The smallest absolute Gasteiger partial charge is 0.251 e. The number of nitrogens with zero attached hydrogens (tertiary/aromatic N) is 4. The molecule has 0 aliphatic heterocycles. The van der Waals surface area contributed by atoms with Gasteiger partial charge in [-0.05, 0) is 26.0 Å². The van der Waals surface area contributed by atoms with Crippen molar-refractivity contribution in [1.29, 1.82) is 0 Å². The van der Waals surface area contributed by atoms with E-state index in [4.69, 9.17) is 0 Å². The molecular weight excluding hydrogens is 344 g/mol. The van der Waals surface area contributed by atoms with Crippen LogP contribution in [0.25, 0.3) is 5.82 Å². The summed E-state index contributed by atoms with van der Waals surface area (Å²) in [6, 6.07) is 8.40. The zero-order valence-corrected chi connectivity index (χ0v) is 15.1. The summed E-state index contributed by atoms with van der Waals surface area (Å²) in [6.45, 7) is 4.33. The van der Waals surface area contributed by atoms with Crippen LogP contribution in [0.4, 0.5) is 5.82 Å². The lowest BCUT2D eigenvalue weighted by molar-refractivity contribution is 0.0953. The van der Waals surface area contributed by atoms with Crippen LogP contribution in [0.15, 0.2) is 49.1 Å². The molecule has 0 aliphatic rings. The Hall–Kier alpha value is -3.55. The highest BCUT2D eigenvalue weighted by atomic mass is 16.1. The molecule has 8 nitrogen and oxygen atoms in total. The minimum Gasteiger partial charge on any atom is -0.368 e. The molecule has 8 heteroatoms. The molecule has 0 atom stereocenters. The maximum atomic E-state index is 12.1. The number of carbonyl (C=O) groups is 2. The van der Waals surface area contributed by atoms with Gasteiger partial charge in [-0.2, -0.15) is 0 Å². The molecule has 0 saturated heterocycles. The molecule has 2 heterocycles. The number of carbonyl (C=O) groups excluding carboxylic acids is 2. The molecule has 0 fully saturated rings. The fourth-order valence-electron chi connectivity index (χ4n) is 2.52. The molecule has 0 aliphatic carbocycles. The number of aryl methyl sites for hydroxylation is 1. The van der Waals surface area contributed by atoms with Gasteiger partial charge in [0, 0.05) is 42.7 Å². The summed E-state index contributed by atoms with van der Waals surface area (Å²) in [5.74, 6) is 2.00. The van der Waals surface area contributed by atoms with E-state index in [-0.39, 0.29) is 11.7 Å². The highest BCUT2D eigenvalue weighted by Gasteiger charge is 2.07. The third-order valence-electron chi connectivity index (χ3n) is 4.00. The summed E-state index contributed by atoms with van der Waals surface area (Å²) in [7, 11) is 0. The van der Waals surface area contributed by atoms with E-state index >= 15 is 0 Å². The lowest BCUT2D eigenvalue weighted by Gasteiger charge is -2.09. The predicted octanol–water partition coefficient (Wildman–Crippen LogP) is 2.02. The van der Waals surface area contributed by atoms with Crippen molar-refractivity contribution >= 4 is 17.5 Å². The van der Waals surface area contributed by atoms with Crippen LogP contribution in [-0.2, 0) is 0 Å². The third kappa shape index (κ3) is 4.55. The Morgan fingerprint density at radius 3 is 2.44 bits per heavy atom. The van der Waals surface area contributed by atoms with E-state index in [2.05, 4.69) is 25.6 Å². The van der Waals surface area contributed by atoms with Gasteiger partial charge in [0.2, 0.25) is 0 Å². The van der Waals surface area contributed by atoms with Crippen LogP contribution >= 0.6 is 0 Å². The Morgan fingerprint density at radius 1 is 1.04 bits per heavy atom. The van der Waals surface area contributed by atoms with E-state index < -0.39 is 0 Å². The summed E-state index contributed by atoms with van der Waals surface area (Å²) in [4.78, 5) is 36.0. The number of hydrogen-bond acceptors (Lipinski definition) is 6. The number of anilines is 1. The van der Waals surface area contributed by atoms with Gasteiger partial charge in [0.1, 0.15) is 23.8 Å². The largest absolute Gasteiger partial charge is 0.368 e. The summed E-state index contributed by atoms with van der Waals surface area (Å²) < 4.78 is 1.86. The van der Waals surface area contributed by atoms with Gasteiger partial charge in [-0.1, -0.05) is 12.1 Å². The SMILES string of the molecule is CC(=O)c1ccc(C(=O)NCCNc2cc(-n3ccnc3C)ncn2)cc1. The highest BCUT2D eigenvalue weighted by Crippen LogP contribution is 2.10. The fourth-order valence-corrected chi connectivity index (χ4v) is 2.52. The molecule has 138 valence electrons. The normalized spacial score (nSPS) is 10.4. The van der Waals surface area contributed by atoms with Gasteiger partial charge in [0.15, 0.2) is 5.78 Å². The first-order chi connectivity index (χ1) is 13.0. The molecule has 0 spiro atoms. The maximum Gasteiger partial charge on any atom is 0.251 e. The Morgan fingerprint density at radius 2 is 1.78 bits per heavy atom. The van der Waals surface area contributed by atoms with Gasteiger partial charge >= 0.3 is 0 Å². The second-order valence-electron chi connectivity index (χ2n) is 5.92. The second-order valence-corrected chi connectivity index (χ2v) is 5.92. The Bertz CT molecular complexity index is 949. The molecule has 3 rings (SSSR count). The fraction of sp³-hybridized carbons (Fsp3) is 0.211. The second kappa shape index (κ2) is 8.22. The monoisotopic (exact) mass is 364 g/mol. The van der Waals surface area contributed by atoms with Gasteiger partial charge in [-0.3, -0.25) is 14.2 Å². The number of benzene rings is 1. The number of amides is 1. The summed E-state index contributed by atoms with van der Waals surface area (Å²) in [5, 5.41) is 5.98. The van der Waals surface area contributed by atoms with E-state index in [1.54, 1.807) is 30.5 Å². The van der Waals surface area contributed by atoms with Gasteiger partial charge in [-0.15, -0.1) is 0 Å². The highest BCUT2D eigenvalue weighted by molar-refractivity contribution is 5.97. The zero-order chi connectivity index (χ0) is 19.2. The van der Waals surface area contributed by atoms with Crippen LogP contribution in [0, 0.1) is 6.92 Å². The van der Waals surface area contributed by atoms with Crippen molar-refractivity contribution in [2.24, 2.45) is 0 Å². The molecule has 27 heavy (non-hydrogen) atoms. The molecule has 0 bridgehead atoms. The number of Topliss-reactive ketones (excluding diaryl/α,β-unsaturated/α-hetero) is 1. The molecular formula is C19H20N6O2. The number of nitrogens with one attached hydrogen (secondary N) is 2. The predicted molar refractivity (Wildman–Crippen MR) is 101 cm³/mol. The Labute approximate surface area is 156 Å². The van der Waals surface area contributed by atoms with Crippen molar-refractivity contribution in [3.05, 3.63) is 66.0 Å². The van der Waals surface area contributed by atoms with E-state index in [0.29, 0.717) is 30.0 Å². The number of aromatic nitrogens is 4. The zero-order valence-electron chi connectivity index (χ0n) is 15.1. The van der Waals surface area contributed by atoms with Crippen LogP contribution in [0.2, 0.25) is 0 Å². The Kier molecular flexibility index (Phi) is 5.55. The first-order valence-corrected chi connectivity index (χ1v) is 8.50. The molecule has 1 amide bonds. The molecule has 0 saturated carbocycles. The summed E-state index contributed by atoms with van der Waals surface area (Å²) in [6.07, 6.45) is 5.02. The van der Waals surface area contributed by atoms with Crippen LogP contribution in [-0.4, -0.2) is 44.3 Å². The summed E-state index contributed by atoms with van der Waals surface area (Å²) in [5.41, 5.74) is 1.10. The van der Waals surface area contributed by atoms with Gasteiger partial charge in [0.05, 0.1) is 0 Å². The molecule has 3 aromatic rings. The molecule has 1 aromatic carbocycles. The maximum absolute atomic E-state index is 12.1. The van der Waals surface area contributed by atoms with Crippen molar-refractivity contribution in [3.63, 3.8) is 0 Å². The standard InChI is InChI=1S/C19H20N6O2/c1-13(26)15-3-5-16(6-4-15)19(27)22-8-7-21-17-11-18(24-12-23-17)25-10-9-20-14(25)2/h3-6,9-12H,7-8H2,1-2H3,(H,22,27)(H,21,23,24). The van der Waals surface area contributed by atoms with Crippen LogP contribution < -0.4 is 10.6 Å². The molecule has 2 N–H and O–H groups in total. The van der Waals surface area contributed by atoms with Crippen LogP contribution in [0.1, 0.15) is 33.5 Å². The summed E-state index contributed by atoms with van der Waals surface area (Å²) >= 11 is 0. The molecule has 0 radical (unpaired) electrons. The number of hydrogen-bond donors (Lipinski definition) is 2. The van der Waals surface area contributed by atoms with E-state index in [1.165, 1.54) is 13.3 Å². The molecule has 2 aromatic heterocycles. The van der Waals surface area contributed by atoms with Gasteiger partial charge in [-0.25, -0.2) is 15.0 Å². The van der Waals surface area contributed by atoms with Crippen LogP contribution in [0.3, 0.4) is 0 Å². The van der Waals surface area contributed by atoms with Crippen LogP contribution in [0.5, 0.6) is 0 Å². The number of ketones is 1. The third-order valence-corrected chi connectivity index (χ3v) is 4.00. The van der Waals surface area contributed by atoms with E-state index in [9.17, 15) is 9.59 Å². The van der Waals surface area contributed by atoms with Crippen molar-refractivity contribution in [3.8, 4) is 5.82 Å². The van der Waals surface area contributed by atoms with Gasteiger partial charge in [0.25, 0.3) is 5.91 Å². The first-order valence-electron chi connectivity index (χ1n) is 8.50. The average molecular weight is 364 g/mol. The van der Waals surface area contributed by atoms with Crippen molar-refractivity contribution in [1.82, 2.24) is 24.8 Å². The van der Waals surface area contributed by atoms with Crippen molar-refractivity contribution < 1.29 is 9.59 Å². The topological polar surface area (TPSA) is 102 Å². The van der Waals surface area contributed by atoms with Crippen molar-refractivity contribution in [2.45, 2.75) is 13.8 Å². The minimum atomic E-state index is -0.190. The van der Waals surface area contributed by atoms with Crippen molar-refractivity contribution in [2.75, 3.05) is 18.4 Å². The lowest BCUT2D eigenvalue weighted by atomic mass is 10.1. The van der Waals surface area contributed by atoms with E-state index in [0.717, 1.165) is 11.6 Å². The Balaban J connectivity index is 1.51. The first kappa shape index (κ1) is 18.2. The lowest BCUT2D eigenvalue weighted by Crippen LogP contribution is -2.28. The molecule has 0 unspecified atom stereocenters. The minimum absolute atomic E-state index is 0.0266. The number of rotatable bonds is 7. The average Bonchev–Trinajstić information content (AvgIpc) is 3.11. The van der Waals surface area contributed by atoms with Gasteiger partial charge < -0.3 is 10.6 Å². The quantitative estimate of drug-likeness (QED) is 0.491.